The smallest absolute Gasteiger partial charge is 0.374 e. The summed E-state index contributed by atoms with van der Waals surface area (Å²) in [6.45, 7) is 0. The van der Waals surface area contributed by atoms with Crippen molar-refractivity contribution < 1.29 is 23.0 Å². The summed E-state index contributed by atoms with van der Waals surface area (Å²) in [6, 6.07) is 7.51. The van der Waals surface area contributed by atoms with Gasteiger partial charge in [-0.3, -0.25) is 0 Å². The summed E-state index contributed by atoms with van der Waals surface area (Å²) in [5.74, 6) is 0. The molecular formula is C17H11Cl3F3N3O3. The van der Waals surface area contributed by atoms with E-state index in [0.717, 1.165) is 19.2 Å². The monoisotopic (exact) mass is 467 g/mol. The molecule has 0 radical (unpaired) electrons. The third-order valence-corrected chi connectivity index (χ3v) is 5.14. The van der Waals surface area contributed by atoms with E-state index in [1.165, 1.54) is 24.3 Å². The maximum absolute atomic E-state index is 14.0. The highest BCUT2D eigenvalue weighted by Crippen LogP contribution is 2.50. The van der Waals surface area contributed by atoms with Crippen molar-refractivity contribution in [3.8, 4) is 0 Å². The van der Waals surface area contributed by atoms with E-state index in [9.17, 15) is 23.3 Å². The lowest BCUT2D eigenvalue weighted by atomic mass is 9.86. The van der Waals surface area contributed by atoms with Crippen molar-refractivity contribution in [3.63, 3.8) is 0 Å². The van der Waals surface area contributed by atoms with Gasteiger partial charge in [-0.2, -0.15) is 13.2 Å². The van der Waals surface area contributed by atoms with Gasteiger partial charge in [-0.25, -0.2) is 10.1 Å². The third kappa shape index (κ3) is 3.94. The Morgan fingerprint density at radius 2 is 1.79 bits per heavy atom. The quantitative estimate of drug-likeness (QED) is 0.416. The van der Waals surface area contributed by atoms with Crippen molar-refractivity contribution in [1.82, 2.24) is 0 Å². The second-order valence-corrected chi connectivity index (χ2v) is 7.50. The van der Waals surface area contributed by atoms with E-state index >= 15 is 0 Å². The van der Waals surface area contributed by atoms with E-state index < -0.39 is 23.2 Å². The van der Waals surface area contributed by atoms with Crippen molar-refractivity contribution in [2.24, 2.45) is 5.16 Å². The van der Waals surface area contributed by atoms with Gasteiger partial charge in [0.15, 0.2) is 5.03 Å². The maximum atomic E-state index is 14.0. The second kappa shape index (κ2) is 7.55. The molecule has 1 heterocycles. The molecule has 0 aliphatic carbocycles. The van der Waals surface area contributed by atoms with Gasteiger partial charge < -0.3 is 4.84 Å². The minimum atomic E-state index is -4.85. The Kier molecular flexibility index (Phi) is 5.59. The predicted octanol–water partition coefficient (Wildman–Crippen LogP) is 5.86. The van der Waals surface area contributed by atoms with Gasteiger partial charge in [0.2, 0.25) is 0 Å². The standard InChI is InChI=1S/C17H11Cl3F3N3O3/c1-25(26(27)28)15-4-9(2-3-13(15)20)14-8-16(29-24-14,17(21,22)23)10-5-11(18)7-12(19)6-10/h2-7H,8H2,1H3. The Bertz CT molecular complexity index is 996. The van der Waals surface area contributed by atoms with Crippen molar-refractivity contribution in [2.75, 3.05) is 12.1 Å². The zero-order valence-electron chi connectivity index (χ0n) is 14.5. The van der Waals surface area contributed by atoms with Crippen molar-refractivity contribution >= 4 is 46.2 Å². The van der Waals surface area contributed by atoms with Crippen LogP contribution in [-0.2, 0) is 10.4 Å². The molecule has 0 N–H and O–H groups in total. The molecular weight excluding hydrogens is 458 g/mol. The number of hydrogen-bond acceptors (Lipinski definition) is 4. The van der Waals surface area contributed by atoms with Crippen molar-refractivity contribution in [3.05, 3.63) is 72.7 Å². The van der Waals surface area contributed by atoms with Crippen LogP contribution in [0.2, 0.25) is 15.1 Å². The number of oxime groups is 1. The fourth-order valence-corrected chi connectivity index (χ4v) is 3.64. The summed E-state index contributed by atoms with van der Waals surface area (Å²) in [7, 11) is 1.16. The minimum Gasteiger partial charge on any atom is -0.374 e. The fourth-order valence-electron chi connectivity index (χ4n) is 2.87. The molecule has 0 spiro atoms. The molecule has 0 saturated carbocycles. The summed E-state index contributed by atoms with van der Waals surface area (Å²) >= 11 is 17.7. The molecule has 12 heteroatoms. The Balaban J connectivity index is 2.03. The molecule has 3 rings (SSSR count). The predicted molar refractivity (Wildman–Crippen MR) is 103 cm³/mol. The summed E-state index contributed by atoms with van der Waals surface area (Å²) in [6.07, 6.45) is -5.53. The van der Waals surface area contributed by atoms with E-state index in [2.05, 4.69) is 5.16 Å². The SMILES string of the molecule is CN(c1cc(C2=NOC(c3cc(Cl)cc(Cl)c3)(C(F)(F)F)C2)ccc1Cl)[N+](=O)[O-]. The summed E-state index contributed by atoms with van der Waals surface area (Å²) < 4.78 is 42.1. The van der Waals surface area contributed by atoms with Gasteiger partial charge in [0.05, 0.1) is 17.8 Å². The molecule has 2 aromatic carbocycles. The van der Waals surface area contributed by atoms with Crippen LogP contribution in [0.1, 0.15) is 17.5 Å². The van der Waals surface area contributed by atoms with Crippen LogP contribution in [-0.4, -0.2) is 24.0 Å². The van der Waals surface area contributed by atoms with Crippen LogP contribution in [0, 0.1) is 10.1 Å². The lowest BCUT2D eigenvalue weighted by molar-refractivity contribution is -0.490. The van der Waals surface area contributed by atoms with Crippen LogP contribution in [0.5, 0.6) is 0 Å². The molecule has 29 heavy (non-hydrogen) atoms. The lowest BCUT2D eigenvalue weighted by Gasteiger charge is -2.29. The van der Waals surface area contributed by atoms with Gasteiger partial charge in [0.1, 0.15) is 5.69 Å². The first-order valence-corrected chi connectivity index (χ1v) is 9.04. The van der Waals surface area contributed by atoms with Gasteiger partial charge in [-0.05, 0) is 30.3 Å². The summed E-state index contributed by atoms with van der Waals surface area (Å²) in [5, 5.41) is 14.6. The largest absolute Gasteiger partial charge is 0.435 e. The van der Waals surface area contributed by atoms with Crippen LogP contribution in [0.3, 0.4) is 0 Å². The third-order valence-electron chi connectivity index (χ3n) is 4.39. The summed E-state index contributed by atoms with van der Waals surface area (Å²) in [5.41, 5.74) is -2.98. The normalized spacial score (nSPS) is 18.9. The fraction of sp³-hybridized carbons (Fsp3) is 0.235. The number of anilines is 1. The van der Waals surface area contributed by atoms with E-state index in [0.29, 0.717) is 5.01 Å². The van der Waals surface area contributed by atoms with E-state index in [4.69, 9.17) is 39.6 Å². The molecule has 1 unspecified atom stereocenters. The highest BCUT2D eigenvalue weighted by Gasteiger charge is 2.62. The number of halogens is 6. The van der Waals surface area contributed by atoms with Gasteiger partial charge in [0.25, 0.3) is 5.60 Å². The van der Waals surface area contributed by atoms with Crippen LogP contribution in [0.4, 0.5) is 18.9 Å². The minimum absolute atomic E-state index is 0.00725. The molecule has 0 aromatic heterocycles. The molecule has 6 nitrogen and oxygen atoms in total. The average Bonchev–Trinajstić information content (AvgIpc) is 3.07. The van der Waals surface area contributed by atoms with Crippen LogP contribution < -0.4 is 5.01 Å². The number of nitrogens with zero attached hydrogens (tertiary/aromatic N) is 3. The van der Waals surface area contributed by atoms with Crippen molar-refractivity contribution in [2.45, 2.75) is 18.2 Å². The van der Waals surface area contributed by atoms with Gasteiger partial charge in [-0.15, -0.1) is 0 Å². The van der Waals surface area contributed by atoms with Gasteiger partial charge in [0, 0.05) is 27.6 Å². The molecule has 1 aliphatic rings. The first kappa shape index (κ1) is 21.5. The van der Waals surface area contributed by atoms with E-state index in [-0.39, 0.29) is 37.6 Å². The van der Waals surface area contributed by atoms with Gasteiger partial charge in [-0.1, -0.05) is 51.0 Å². The van der Waals surface area contributed by atoms with Gasteiger partial charge >= 0.3 is 6.18 Å². The van der Waals surface area contributed by atoms with E-state index in [1.54, 1.807) is 0 Å². The van der Waals surface area contributed by atoms with Crippen LogP contribution in [0.15, 0.2) is 41.6 Å². The number of alkyl halides is 3. The van der Waals surface area contributed by atoms with E-state index in [1.807, 2.05) is 0 Å². The average molecular weight is 469 g/mol. The first-order chi connectivity index (χ1) is 13.4. The zero-order valence-corrected chi connectivity index (χ0v) is 16.8. The molecule has 0 saturated heterocycles. The van der Waals surface area contributed by atoms with Crippen LogP contribution in [0.25, 0.3) is 0 Å². The lowest BCUT2D eigenvalue weighted by Crippen LogP contribution is -2.42. The molecule has 0 amide bonds. The van der Waals surface area contributed by atoms with Crippen molar-refractivity contribution in [1.29, 1.82) is 0 Å². The maximum Gasteiger partial charge on any atom is 0.435 e. The number of rotatable bonds is 4. The summed E-state index contributed by atoms with van der Waals surface area (Å²) in [4.78, 5) is 15.9. The molecule has 1 atom stereocenters. The first-order valence-electron chi connectivity index (χ1n) is 7.91. The Morgan fingerprint density at radius 1 is 1.17 bits per heavy atom. The number of hydrogen-bond donors (Lipinski definition) is 0. The number of nitro groups is 1. The molecule has 154 valence electrons. The molecule has 0 bridgehead atoms. The highest BCUT2D eigenvalue weighted by atomic mass is 35.5. The molecule has 1 aliphatic heterocycles. The molecule has 2 aromatic rings. The zero-order chi connectivity index (χ0) is 21.6. The second-order valence-electron chi connectivity index (χ2n) is 6.22. The Hall–Kier alpha value is -2.23. The Morgan fingerprint density at radius 3 is 2.34 bits per heavy atom. The number of hydrazine groups is 1. The molecule has 0 fully saturated rings. The Labute approximate surface area is 177 Å². The number of benzene rings is 2. The van der Waals surface area contributed by atoms with Crippen LogP contribution >= 0.6 is 34.8 Å². The topological polar surface area (TPSA) is 68.0 Å². The highest BCUT2D eigenvalue weighted by molar-refractivity contribution is 6.34.